The van der Waals surface area contributed by atoms with Gasteiger partial charge >= 0.3 is 0 Å². The molecule has 3 aromatic heterocycles. The Labute approximate surface area is 144 Å². The highest BCUT2D eigenvalue weighted by atomic mass is 32.1. The molecule has 1 N–H and O–H groups in total. The van der Waals surface area contributed by atoms with Gasteiger partial charge < -0.3 is 10.2 Å². The molecule has 0 unspecified atom stereocenters. The van der Waals surface area contributed by atoms with E-state index in [0.29, 0.717) is 5.92 Å². The average molecular weight is 338 g/mol. The van der Waals surface area contributed by atoms with Crippen LogP contribution in [0.3, 0.4) is 0 Å². The summed E-state index contributed by atoms with van der Waals surface area (Å²) in [6, 6.07) is 7.95. The Morgan fingerprint density at radius 2 is 2.00 bits per heavy atom. The molecule has 4 rings (SSSR count). The second-order valence-corrected chi connectivity index (χ2v) is 6.61. The van der Waals surface area contributed by atoms with Crippen molar-refractivity contribution in [2.24, 2.45) is 5.92 Å². The third kappa shape index (κ3) is 3.42. The molecular formula is C17H18N6S. The SMILES string of the molecule is c1cc(-c2ccc(N3CC(CNCc4cscn4)C3)nn2)ccn1. The Kier molecular flexibility index (Phi) is 4.44. The molecule has 0 bridgehead atoms. The normalized spacial score (nSPS) is 14.6. The standard InChI is InChI=1S/C17H18N6S/c1-2-17(22-21-16(1)14-3-5-18-6-4-14)23-9-13(10-23)7-19-8-15-11-24-12-20-15/h1-6,11-13,19H,7-10H2. The topological polar surface area (TPSA) is 66.8 Å². The lowest BCUT2D eigenvalue weighted by Crippen LogP contribution is -2.51. The maximum atomic E-state index is 4.36. The number of aromatic nitrogens is 4. The monoisotopic (exact) mass is 338 g/mol. The van der Waals surface area contributed by atoms with Crippen molar-refractivity contribution in [3.8, 4) is 11.3 Å². The van der Waals surface area contributed by atoms with E-state index in [9.17, 15) is 0 Å². The van der Waals surface area contributed by atoms with Crippen molar-refractivity contribution in [2.45, 2.75) is 6.54 Å². The van der Waals surface area contributed by atoms with Gasteiger partial charge in [-0.05, 0) is 24.3 Å². The summed E-state index contributed by atoms with van der Waals surface area (Å²) in [6.45, 7) is 3.90. The van der Waals surface area contributed by atoms with E-state index < -0.39 is 0 Å². The molecule has 122 valence electrons. The Hall–Kier alpha value is -2.38. The molecule has 1 fully saturated rings. The van der Waals surface area contributed by atoms with Crippen LogP contribution in [0.5, 0.6) is 0 Å². The van der Waals surface area contributed by atoms with Crippen molar-refractivity contribution >= 4 is 17.2 Å². The fourth-order valence-electron chi connectivity index (χ4n) is 2.79. The molecule has 0 aliphatic carbocycles. The molecule has 0 aromatic carbocycles. The van der Waals surface area contributed by atoms with Crippen LogP contribution in [-0.4, -0.2) is 39.8 Å². The molecule has 6 nitrogen and oxygen atoms in total. The van der Waals surface area contributed by atoms with Crippen LogP contribution in [-0.2, 0) is 6.54 Å². The molecule has 0 spiro atoms. The fraction of sp³-hybridized carbons (Fsp3) is 0.294. The first-order valence-electron chi connectivity index (χ1n) is 7.95. The molecule has 0 radical (unpaired) electrons. The van der Waals surface area contributed by atoms with Crippen molar-refractivity contribution in [2.75, 3.05) is 24.5 Å². The van der Waals surface area contributed by atoms with Crippen LogP contribution in [0.2, 0.25) is 0 Å². The summed E-state index contributed by atoms with van der Waals surface area (Å²) in [5.41, 5.74) is 4.91. The second-order valence-electron chi connectivity index (χ2n) is 5.89. The predicted octanol–water partition coefficient (Wildman–Crippen LogP) is 2.22. The van der Waals surface area contributed by atoms with Gasteiger partial charge in [0, 0.05) is 55.4 Å². The summed E-state index contributed by atoms with van der Waals surface area (Å²) in [7, 11) is 0. The number of hydrogen-bond donors (Lipinski definition) is 1. The molecule has 0 saturated carbocycles. The van der Waals surface area contributed by atoms with Gasteiger partial charge in [0.15, 0.2) is 5.82 Å². The minimum Gasteiger partial charge on any atom is -0.354 e. The lowest BCUT2D eigenvalue weighted by atomic mass is 10.0. The van der Waals surface area contributed by atoms with Gasteiger partial charge in [-0.3, -0.25) is 4.98 Å². The summed E-state index contributed by atoms with van der Waals surface area (Å²) in [6.07, 6.45) is 3.53. The molecule has 4 heterocycles. The van der Waals surface area contributed by atoms with Gasteiger partial charge in [0.25, 0.3) is 0 Å². The highest BCUT2D eigenvalue weighted by molar-refractivity contribution is 7.07. The number of thiazole rings is 1. The minimum atomic E-state index is 0.658. The van der Waals surface area contributed by atoms with E-state index in [0.717, 1.165) is 48.9 Å². The average Bonchev–Trinajstić information content (AvgIpc) is 3.11. The van der Waals surface area contributed by atoms with E-state index in [1.54, 1.807) is 23.7 Å². The number of pyridine rings is 1. The first-order chi connectivity index (χ1) is 11.9. The third-order valence-corrected chi connectivity index (χ3v) is 4.77. The maximum Gasteiger partial charge on any atom is 0.151 e. The van der Waals surface area contributed by atoms with Gasteiger partial charge in [0.2, 0.25) is 0 Å². The van der Waals surface area contributed by atoms with E-state index in [1.165, 1.54) is 0 Å². The minimum absolute atomic E-state index is 0.658. The van der Waals surface area contributed by atoms with Crippen LogP contribution in [0.25, 0.3) is 11.3 Å². The van der Waals surface area contributed by atoms with E-state index >= 15 is 0 Å². The van der Waals surface area contributed by atoms with Crippen molar-refractivity contribution in [1.82, 2.24) is 25.5 Å². The van der Waals surface area contributed by atoms with Crippen molar-refractivity contribution < 1.29 is 0 Å². The van der Waals surface area contributed by atoms with Crippen molar-refractivity contribution in [3.63, 3.8) is 0 Å². The molecule has 1 aliphatic heterocycles. The lowest BCUT2D eigenvalue weighted by molar-refractivity contribution is 0.381. The first-order valence-corrected chi connectivity index (χ1v) is 8.89. The summed E-state index contributed by atoms with van der Waals surface area (Å²) in [5.74, 6) is 1.61. The number of nitrogens with one attached hydrogen (secondary N) is 1. The van der Waals surface area contributed by atoms with Gasteiger partial charge in [-0.2, -0.15) is 0 Å². The summed E-state index contributed by atoms with van der Waals surface area (Å²) < 4.78 is 0. The molecule has 0 atom stereocenters. The highest BCUT2D eigenvalue weighted by Crippen LogP contribution is 2.23. The van der Waals surface area contributed by atoms with Crippen LogP contribution in [0.4, 0.5) is 5.82 Å². The zero-order chi connectivity index (χ0) is 16.2. The Morgan fingerprint density at radius 1 is 1.12 bits per heavy atom. The Bertz CT molecular complexity index is 754. The van der Waals surface area contributed by atoms with Gasteiger partial charge in [-0.1, -0.05) is 0 Å². The van der Waals surface area contributed by atoms with Crippen molar-refractivity contribution in [3.05, 3.63) is 53.2 Å². The molecule has 3 aromatic rings. The van der Waals surface area contributed by atoms with Crippen molar-refractivity contribution in [1.29, 1.82) is 0 Å². The van der Waals surface area contributed by atoms with Crippen LogP contribution < -0.4 is 10.2 Å². The van der Waals surface area contributed by atoms with Gasteiger partial charge in [-0.15, -0.1) is 21.5 Å². The van der Waals surface area contributed by atoms with Gasteiger partial charge in [0.1, 0.15) is 0 Å². The largest absolute Gasteiger partial charge is 0.354 e. The Balaban J connectivity index is 1.26. The zero-order valence-electron chi connectivity index (χ0n) is 13.2. The van der Waals surface area contributed by atoms with E-state index in [4.69, 9.17) is 0 Å². The summed E-state index contributed by atoms with van der Waals surface area (Å²) >= 11 is 1.64. The van der Waals surface area contributed by atoms with E-state index in [1.807, 2.05) is 29.8 Å². The lowest BCUT2D eigenvalue weighted by Gasteiger charge is -2.40. The number of hydrogen-bond acceptors (Lipinski definition) is 7. The fourth-order valence-corrected chi connectivity index (χ4v) is 3.34. The molecule has 1 aliphatic rings. The van der Waals surface area contributed by atoms with Gasteiger partial charge in [0.05, 0.1) is 16.9 Å². The van der Waals surface area contributed by atoms with E-state index in [-0.39, 0.29) is 0 Å². The summed E-state index contributed by atoms with van der Waals surface area (Å²) in [5, 5.41) is 14.2. The highest BCUT2D eigenvalue weighted by Gasteiger charge is 2.27. The number of anilines is 1. The van der Waals surface area contributed by atoms with Gasteiger partial charge in [-0.25, -0.2) is 4.98 Å². The molecule has 1 saturated heterocycles. The number of nitrogens with zero attached hydrogens (tertiary/aromatic N) is 5. The van der Waals surface area contributed by atoms with Crippen LogP contribution in [0.15, 0.2) is 47.5 Å². The third-order valence-electron chi connectivity index (χ3n) is 4.13. The van der Waals surface area contributed by atoms with Crippen LogP contribution in [0, 0.1) is 5.92 Å². The second kappa shape index (κ2) is 7.02. The molecule has 24 heavy (non-hydrogen) atoms. The molecule has 7 heteroatoms. The quantitative estimate of drug-likeness (QED) is 0.743. The zero-order valence-corrected chi connectivity index (χ0v) is 14.0. The van der Waals surface area contributed by atoms with Crippen LogP contribution >= 0.6 is 11.3 Å². The number of rotatable bonds is 6. The molecule has 0 amide bonds. The van der Waals surface area contributed by atoms with E-state index in [2.05, 4.69) is 35.8 Å². The Morgan fingerprint density at radius 3 is 2.71 bits per heavy atom. The maximum absolute atomic E-state index is 4.36. The van der Waals surface area contributed by atoms with Crippen LogP contribution in [0.1, 0.15) is 5.69 Å². The predicted molar refractivity (Wildman–Crippen MR) is 94.8 cm³/mol. The summed E-state index contributed by atoms with van der Waals surface area (Å²) in [4.78, 5) is 10.6. The smallest absolute Gasteiger partial charge is 0.151 e. The first kappa shape index (κ1) is 15.2. The molecular weight excluding hydrogens is 320 g/mol.